The summed E-state index contributed by atoms with van der Waals surface area (Å²) in [5, 5.41) is 2.90. The van der Waals surface area contributed by atoms with E-state index in [9.17, 15) is 27.2 Å². The third-order valence-corrected chi connectivity index (χ3v) is 9.74. The Morgan fingerprint density at radius 1 is 1.02 bits per heavy atom. The number of hydrogen-bond donors (Lipinski definition) is 1. The molecule has 3 amide bonds. The minimum atomic E-state index is -3.33. The summed E-state index contributed by atoms with van der Waals surface area (Å²) in [6, 6.07) is 7.00. The van der Waals surface area contributed by atoms with E-state index in [1.807, 2.05) is 38.1 Å². The summed E-state index contributed by atoms with van der Waals surface area (Å²) in [6.07, 6.45) is 1.34. The maximum absolute atomic E-state index is 15.4. The maximum atomic E-state index is 15.4. The van der Waals surface area contributed by atoms with Gasteiger partial charge in [-0.2, -0.15) is 0 Å². The molecule has 3 unspecified atom stereocenters. The number of sulfone groups is 1. The van der Waals surface area contributed by atoms with Crippen LogP contribution in [0.4, 0.5) is 8.78 Å². The van der Waals surface area contributed by atoms with Gasteiger partial charge in [0.05, 0.1) is 11.5 Å². The minimum Gasteiger partial charge on any atom is -0.342 e. The highest BCUT2D eigenvalue weighted by molar-refractivity contribution is 7.91. The number of fused-ring (bicyclic) bond motifs is 1. The maximum Gasteiger partial charge on any atom is 0.250 e. The van der Waals surface area contributed by atoms with Gasteiger partial charge in [-0.05, 0) is 48.3 Å². The number of carbonyl (C=O) groups is 3. The molecule has 1 N–H and O–H groups in total. The first-order valence-electron chi connectivity index (χ1n) is 13.6. The van der Waals surface area contributed by atoms with E-state index in [4.69, 9.17) is 0 Å². The molecule has 8 nitrogen and oxygen atoms in total. The third kappa shape index (κ3) is 5.48. The molecule has 2 aromatic carbocycles. The minimum absolute atomic E-state index is 0.0488. The zero-order chi connectivity index (χ0) is 28.8. The Labute approximate surface area is 232 Å². The average Bonchev–Trinajstić information content (AvgIpc) is 3.32. The molecule has 3 aliphatic rings. The Bertz CT molecular complexity index is 1410. The number of amides is 3. The fourth-order valence-electron chi connectivity index (χ4n) is 6.10. The van der Waals surface area contributed by atoms with Gasteiger partial charge in [0, 0.05) is 24.7 Å². The molecule has 0 aromatic heterocycles. The van der Waals surface area contributed by atoms with E-state index in [0.717, 1.165) is 23.3 Å². The smallest absolute Gasteiger partial charge is 0.250 e. The number of hydrogen-bond acceptors (Lipinski definition) is 5. The molecule has 3 atom stereocenters. The van der Waals surface area contributed by atoms with Crippen LogP contribution in [0.2, 0.25) is 0 Å². The first kappa shape index (κ1) is 28.2. The molecule has 2 aromatic rings. The Morgan fingerprint density at radius 2 is 1.65 bits per heavy atom. The molecule has 2 saturated heterocycles. The fourth-order valence-corrected chi connectivity index (χ4v) is 7.31. The normalized spacial score (nSPS) is 23.7. The molecule has 0 spiro atoms. The van der Waals surface area contributed by atoms with Crippen molar-refractivity contribution in [1.29, 1.82) is 0 Å². The highest BCUT2D eigenvalue weighted by Crippen LogP contribution is 2.37. The Kier molecular flexibility index (Phi) is 7.69. The SMILES string of the molecule is CC(C)CC1C(=O)NC(C2Cc3ccccc3C2)C(=O)N1C(C(=O)N1CCS(=O)(=O)CC1)c1ccc(F)cc1F. The van der Waals surface area contributed by atoms with Gasteiger partial charge in [-0.15, -0.1) is 0 Å². The van der Waals surface area contributed by atoms with Crippen LogP contribution in [0.5, 0.6) is 0 Å². The van der Waals surface area contributed by atoms with E-state index in [0.29, 0.717) is 18.9 Å². The molecular weight excluding hydrogens is 540 g/mol. The Morgan fingerprint density at radius 3 is 2.23 bits per heavy atom. The Hall–Kier alpha value is -3.34. The van der Waals surface area contributed by atoms with Gasteiger partial charge >= 0.3 is 0 Å². The van der Waals surface area contributed by atoms with Crippen LogP contribution in [0, 0.1) is 23.5 Å². The second kappa shape index (κ2) is 10.9. The second-order valence-electron chi connectivity index (χ2n) is 11.4. The summed E-state index contributed by atoms with van der Waals surface area (Å²) >= 11 is 0. The third-order valence-electron chi connectivity index (χ3n) is 8.13. The lowest BCUT2D eigenvalue weighted by atomic mass is 9.87. The van der Waals surface area contributed by atoms with Gasteiger partial charge < -0.3 is 15.1 Å². The van der Waals surface area contributed by atoms with E-state index < -0.39 is 57.3 Å². The zero-order valence-corrected chi connectivity index (χ0v) is 23.3. The van der Waals surface area contributed by atoms with Crippen molar-refractivity contribution < 1.29 is 31.6 Å². The van der Waals surface area contributed by atoms with Gasteiger partial charge in [0.25, 0.3) is 0 Å². The predicted molar refractivity (Wildman–Crippen MR) is 144 cm³/mol. The number of rotatable bonds is 6. The van der Waals surface area contributed by atoms with Crippen LogP contribution in [0.1, 0.15) is 43.0 Å². The number of nitrogens with zero attached hydrogens (tertiary/aromatic N) is 2. The first-order valence-corrected chi connectivity index (χ1v) is 15.4. The molecule has 40 heavy (non-hydrogen) atoms. The van der Waals surface area contributed by atoms with Crippen molar-refractivity contribution in [2.24, 2.45) is 11.8 Å². The summed E-state index contributed by atoms with van der Waals surface area (Å²) in [7, 11) is -3.33. The van der Waals surface area contributed by atoms with Crippen molar-refractivity contribution in [1.82, 2.24) is 15.1 Å². The summed E-state index contributed by atoms with van der Waals surface area (Å²) in [4.78, 5) is 44.5. The van der Waals surface area contributed by atoms with Gasteiger partial charge in [-0.1, -0.05) is 44.2 Å². The van der Waals surface area contributed by atoms with Gasteiger partial charge in [-0.25, -0.2) is 17.2 Å². The molecule has 11 heteroatoms. The second-order valence-corrected chi connectivity index (χ2v) is 13.7. The van der Waals surface area contributed by atoms with Crippen molar-refractivity contribution in [3.63, 3.8) is 0 Å². The van der Waals surface area contributed by atoms with Crippen LogP contribution in [0.3, 0.4) is 0 Å². The van der Waals surface area contributed by atoms with Gasteiger partial charge in [0.15, 0.2) is 9.84 Å². The van der Waals surface area contributed by atoms with E-state index in [1.165, 1.54) is 9.80 Å². The molecule has 2 aliphatic heterocycles. The lowest BCUT2D eigenvalue weighted by Crippen LogP contribution is -2.67. The molecule has 0 saturated carbocycles. The average molecular weight is 574 g/mol. The lowest BCUT2D eigenvalue weighted by Gasteiger charge is -2.46. The van der Waals surface area contributed by atoms with Crippen LogP contribution in [0.15, 0.2) is 42.5 Å². The van der Waals surface area contributed by atoms with Gasteiger partial charge in [-0.3, -0.25) is 14.4 Å². The molecule has 2 fully saturated rings. The number of halogens is 2. The topological polar surface area (TPSA) is 104 Å². The van der Waals surface area contributed by atoms with Crippen molar-refractivity contribution in [2.45, 2.75) is 51.2 Å². The van der Waals surface area contributed by atoms with Gasteiger partial charge in [0.2, 0.25) is 17.7 Å². The van der Waals surface area contributed by atoms with Crippen molar-refractivity contribution >= 4 is 27.6 Å². The molecular formula is C29H33F2N3O5S. The molecule has 2 heterocycles. The summed E-state index contributed by atoms with van der Waals surface area (Å²) < 4.78 is 53.4. The van der Waals surface area contributed by atoms with Gasteiger partial charge in [0.1, 0.15) is 29.8 Å². The van der Waals surface area contributed by atoms with Crippen LogP contribution in [-0.2, 0) is 37.1 Å². The van der Waals surface area contributed by atoms with Crippen molar-refractivity contribution in [3.05, 3.63) is 70.8 Å². The number of piperazine rings is 1. The van der Waals surface area contributed by atoms with Crippen LogP contribution >= 0.6 is 0 Å². The summed E-state index contributed by atoms with van der Waals surface area (Å²) in [6.45, 7) is 3.51. The number of benzene rings is 2. The fraction of sp³-hybridized carbons (Fsp3) is 0.483. The van der Waals surface area contributed by atoms with E-state index in [2.05, 4.69) is 5.32 Å². The van der Waals surface area contributed by atoms with E-state index in [-0.39, 0.29) is 48.4 Å². The van der Waals surface area contributed by atoms with E-state index in [1.54, 1.807) is 0 Å². The molecule has 0 radical (unpaired) electrons. The number of carbonyl (C=O) groups excluding carboxylic acids is 3. The monoisotopic (exact) mass is 573 g/mol. The van der Waals surface area contributed by atoms with Crippen molar-refractivity contribution in [3.8, 4) is 0 Å². The largest absolute Gasteiger partial charge is 0.342 e. The lowest BCUT2D eigenvalue weighted by molar-refractivity contribution is -0.160. The highest BCUT2D eigenvalue weighted by Gasteiger charge is 2.50. The highest BCUT2D eigenvalue weighted by atomic mass is 32.2. The molecule has 5 rings (SSSR count). The van der Waals surface area contributed by atoms with E-state index >= 15 is 4.39 Å². The standard InChI is InChI=1S/C29H33F2N3O5S/c1-17(2)13-24-27(35)32-25(20-14-18-5-3-4-6-19(18)15-20)28(36)34(24)26(22-8-7-21(30)16-23(22)31)29(37)33-9-11-40(38,39)12-10-33/h3-8,16-17,20,24-26H,9-15H2,1-2H3,(H,32,35). The van der Waals surface area contributed by atoms with Crippen molar-refractivity contribution in [2.75, 3.05) is 24.6 Å². The zero-order valence-electron chi connectivity index (χ0n) is 22.5. The quantitative estimate of drug-likeness (QED) is 0.572. The summed E-state index contributed by atoms with van der Waals surface area (Å²) in [5.74, 6) is -4.32. The molecule has 1 aliphatic carbocycles. The predicted octanol–water partition coefficient (Wildman–Crippen LogP) is 2.42. The van der Waals surface area contributed by atoms with Crippen LogP contribution < -0.4 is 5.32 Å². The molecule has 214 valence electrons. The molecule has 0 bridgehead atoms. The Balaban J connectivity index is 1.57. The van der Waals surface area contributed by atoms with Crippen LogP contribution in [-0.4, -0.2) is 72.6 Å². The first-order chi connectivity index (χ1) is 18.9. The summed E-state index contributed by atoms with van der Waals surface area (Å²) in [5.41, 5.74) is 1.93. The van der Waals surface area contributed by atoms with Crippen LogP contribution in [0.25, 0.3) is 0 Å². The number of nitrogens with one attached hydrogen (secondary N) is 1.